The van der Waals surface area contributed by atoms with Crippen LogP contribution in [-0.2, 0) is 4.79 Å². The first-order valence-corrected chi connectivity index (χ1v) is 9.29. The molecule has 0 saturated heterocycles. The second kappa shape index (κ2) is 6.77. The summed E-state index contributed by atoms with van der Waals surface area (Å²) in [6.45, 7) is 3.81. The quantitative estimate of drug-likeness (QED) is 0.668. The number of carbonyl (C=O) groups excluding carboxylic acids is 1. The minimum atomic E-state index is -0.444. The van der Waals surface area contributed by atoms with Crippen LogP contribution in [0.5, 0.6) is 0 Å². The van der Waals surface area contributed by atoms with Crippen molar-refractivity contribution in [1.82, 2.24) is 20.1 Å². The maximum atomic E-state index is 12.6. The fraction of sp³-hybridized carbons (Fsp3) is 0.267. The van der Waals surface area contributed by atoms with Crippen molar-refractivity contribution < 1.29 is 4.79 Å². The SMILES string of the molecule is C[C@H](C(=O)N[C@H](C)c1cccs1)n1c(-c2cccs2)n[nH]c1=S. The van der Waals surface area contributed by atoms with E-state index in [0.717, 1.165) is 9.75 Å². The van der Waals surface area contributed by atoms with Gasteiger partial charge in [-0.15, -0.1) is 22.7 Å². The Balaban J connectivity index is 1.83. The average Bonchev–Trinajstić information content (AvgIpc) is 3.27. The molecule has 1 amide bonds. The Morgan fingerprint density at radius 1 is 1.30 bits per heavy atom. The Kier molecular flexibility index (Phi) is 4.74. The van der Waals surface area contributed by atoms with Gasteiger partial charge < -0.3 is 5.32 Å². The van der Waals surface area contributed by atoms with E-state index < -0.39 is 6.04 Å². The lowest BCUT2D eigenvalue weighted by Gasteiger charge is -2.18. The van der Waals surface area contributed by atoms with E-state index in [4.69, 9.17) is 12.2 Å². The van der Waals surface area contributed by atoms with Crippen molar-refractivity contribution in [3.8, 4) is 10.7 Å². The summed E-state index contributed by atoms with van der Waals surface area (Å²) in [6.07, 6.45) is 0. The number of hydrogen-bond donors (Lipinski definition) is 2. The lowest BCUT2D eigenvalue weighted by atomic mass is 10.2. The van der Waals surface area contributed by atoms with Crippen LogP contribution in [-0.4, -0.2) is 20.7 Å². The molecule has 0 unspecified atom stereocenters. The summed E-state index contributed by atoms with van der Waals surface area (Å²) in [7, 11) is 0. The molecular weight excluding hydrogens is 348 g/mol. The largest absolute Gasteiger partial charge is 0.347 e. The van der Waals surface area contributed by atoms with E-state index in [9.17, 15) is 4.79 Å². The molecule has 8 heteroatoms. The number of H-pyrrole nitrogens is 1. The van der Waals surface area contributed by atoms with Gasteiger partial charge in [-0.25, -0.2) is 0 Å². The fourth-order valence-corrected chi connectivity index (χ4v) is 4.04. The number of rotatable bonds is 5. The molecule has 2 atom stereocenters. The molecule has 0 spiro atoms. The Bertz CT molecular complexity index is 833. The molecule has 2 N–H and O–H groups in total. The van der Waals surface area contributed by atoms with E-state index in [1.807, 2.05) is 48.9 Å². The zero-order valence-corrected chi connectivity index (χ0v) is 15.1. The highest BCUT2D eigenvalue weighted by Crippen LogP contribution is 2.26. The fourth-order valence-electron chi connectivity index (χ4n) is 2.30. The zero-order valence-electron chi connectivity index (χ0n) is 12.6. The summed E-state index contributed by atoms with van der Waals surface area (Å²) in [5, 5.41) is 14.1. The van der Waals surface area contributed by atoms with E-state index in [1.54, 1.807) is 27.2 Å². The number of aromatic nitrogens is 3. The van der Waals surface area contributed by atoms with Crippen LogP contribution in [0.15, 0.2) is 35.0 Å². The summed E-state index contributed by atoms with van der Waals surface area (Å²) in [5.74, 6) is 0.609. The van der Waals surface area contributed by atoms with Gasteiger partial charge in [-0.2, -0.15) is 5.10 Å². The molecule has 0 aromatic carbocycles. The van der Waals surface area contributed by atoms with Crippen LogP contribution in [0.4, 0.5) is 0 Å². The lowest BCUT2D eigenvalue weighted by Crippen LogP contribution is -2.33. The van der Waals surface area contributed by atoms with Gasteiger partial charge in [0.15, 0.2) is 10.6 Å². The van der Waals surface area contributed by atoms with Crippen molar-refractivity contribution in [2.45, 2.75) is 25.9 Å². The lowest BCUT2D eigenvalue weighted by molar-refractivity contribution is -0.124. The monoisotopic (exact) mass is 364 g/mol. The van der Waals surface area contributed by atoms with Gasteiger partial charge in [0.1, 0.15) is 6.04 Å². The third-order valence-electron chi connectivity index (χ3n) is 3.54. The molecule has 3 aromatic rings. The van der Waals surface area contributed by atoms with Crippen LogP contribution < -0.4 is 5.32 Å². The summed E-state index contributed by atoms with van der Waals surface area (Å²) in [4.78, 5) is 14.7. The maximum absolute atomic E-state index is 12.6. The smallest absolute Gasteiger partial charge is 0.243 e. The van der Waals surface area contributed by atoms with Crippen molar-refractivity contribution in [2.24, 2.45) is 0 Å². The standard InChI is InChI=1S/C15H16N4OS3/c1-9(11-5-3-7-22-11)16-14(20)10(2)19-13(17-18-15(19)21)12-6-4-8-23-12/h3-10H,1-2H3,(H,16,20)(H,18,21)/t9-,10-/m1/s1. The second-order valence-corrected chi connectivity index (χ2v) is 7.44. The molecule has 0 radical (unpaired) electrons. The first-order valence-electron chi connectivity index (χ1n) is 7.12. The Labute approximate surface area is 147 Å². The van der Waals surface area contributed by atoms with Crippen LogP contribution in [0.25, 0.3) is 10.7 Å². The molecule has 3 aromatic heterocycles. The molecule has 0 aliphatic heterocycles. The van der Waals surface area contributed by atoms with Crippen molar-refractivity contribution in [2.75, 3.05) is 0 Å². The minimum absolute atomic E-state index is 0.0313. The molecule has 23 heavy (non-hydrogen) atoms. The molecule has 3 rings (SSSR count). The van der Waals surface area contributed by atoms with Crippen LogP contribution in [0.3, 0.4) is 0 Å². The van der Waals surface area contributed by atoms with E-state index >= 15 is 0 Å². The third-order valence-corrected chi connectivity index (χ3v) is 5.75. The van der Waals surface area contributed by atoms with E-state index in [2.05, 4.69) is 15.5 Å². The van der Waals surface area contributed by atoms with Gasteiger partial charge in [0.05, 0.1) is 10.9 Å². The van der Waals surface area contributed by atoms with Gasteiger partial charge in [0, 0.05) is 4.88 Å². The molecule has 0 bridgehead atoms. The van der Waals surface area contributed by atoms with Gasteiger partial charge in [0.2, 0.25) is 5.91 Å². The third kappa shape index (κ3) is 3.29. The highest BCUT2D eigenvalue weighted by Gasteiger charge is 2.22. The molecule has 0 aliphatic rings. The first kappa shape index (κ1) is 16.1. The van der Waals surface area contributed by atoms with Gasteiger partial charge in [-0.1, -0.05) is 12.1 Å². The van der Waals surface area contributed by atoms with E-state index in [0.29, 0.717) is 10.6 Å². The summed E-state index contributed by atoms with van der Waals surface area (Å²) in [6, 6.07) is 7.43. The molecule has 3 heterocycles. The van der Waals surface area contributed by atoms with Crippen LogP contribution in [0.1, 0.15) is 30.8 Å². The zero-order chi connectivity index (χ0) is 16.4. The van der Waals surface area contributed by atoms with Crippen LogP contribution >= 0.6 is 34.9 Å². The first-order chi connectivity index (χ1) is 11.1. The number of thiophene rings is 2. The molecule has 0 fully saturated rings. The highest BCUT2D eigenvalue weighted by atomic mass is 32.1. The topological polar surface area (TPSA) is 62.7 Å². The Morgan fingerprint density at radius 3 is 2.70 bits per heavy atom. The number of hydrogen-bond acceptors (Lipinski definition) is 5. The number of amides is 1. The predicted octanol–water partition coefficient (Wildman–Crippen LogP) is 4.17. The molecular formula is C15H16N4OS3. The van der Waals surface area contributed by atoms with Crippen molar-refractivity contribution in [1.29, 1.82) is 0 Å². The second-order valence-electron chi connectivity index (χ2n) is 5.12. The summed E-state index contributed by atoms with van der Waals surface area (Å²) < 4.78 is 2.21. The summed E-state index contributed by atoms with van der Waals surface area (Å²) >= 11 is 8.50. The van der Waals surface area contributed by atoms with Crippen LogP contribution in [0, 0.1) is 4.77 Å². The van der Waals surface area contributed by atoms with Gasteiger partial charge in [-0.3, -0.25) is 14.5 Å². The van der Waals surface area contributed by atoms with Crippen molar-refractivity contribution in [3.63, 3.8) is 0 Å². The summed E-state index contributed by atoms with van der Waals surface area (Å²) in [5.41, 5.74) is 0. The highest BCUT2D eigenvalue weighted by molar-refractivity contribution is 7.71. The Morgan fingerprint density at radius 2 is 2.04 bits per heavy atom. The van der Waals surface area contributed by atoms with E-state index in [-0.39, 0.29) is 11.9 Å². The van der Waals surface area contributed by atoms with Gasteiger partial charge in [0.25, 0.3) is 0 Å². The number of aromatic amines is 1. The van der Waals surface area contributed by atoms with E-state index in [1.165, 1.54) is 0 Å². The molecule has 0 aliphatic carbocycles. The van der Waals surface area contributed by atoms with Crippen LogP contribution in [0.2, 0.25) is 0 Å². The van der Waals surface area contributed by atoms with Crippen molar-refractivity contribution >= 4 is 40.8 Å². The molecule has 5 nitrogen and oxygen atoms in total. The van der Waals surface area contributed by atoms with Gasteiger partial charge in [-0.05, 0) is 49.0 Å². The normalized spacial score (nSPS) is 13.7. The molecule has 0 saturated carbocycles. The maximum Gasteiger partial charge on any atom is 0.243 e. The van der Waals surface area contributed by atoms with Crippen molar-refractivity contribution in [3.05, 3.63) is 44.7 Å². The van der Waals surface area contributed by atoms with Gasteiger partial charge >= 0.3 is 0 Å². The number of nitrogens with zero attached hydrogens (tertiary/aromatic N) is 2. The molecule has 120 valence electrons. The Hall–Kier alpha value is -1.77. The average molecular weight is 365 g/mol. The number of nitrogens with one attached hydrogen (secondary N) is 2. The number of carbonyl (C=O) groups is 1. The predicted molar refractivity (Wildman–Crippen MR) is 96.3 cm³/mol. The minimum Gasteiger partial charge on any atom is -0.347 e.